The summed E-state index contributed by atoms with van der Waals surface area (Å²) in [6, 6.07) is 4.69. The minimum Gasteiger partial charge on any atom is -0.478 e. The van der Waals surface area contributed by atoms with Gasteiger partial charge in [0.15, 0.2) is 0 Å². The summed E-state index contributed by atoms with van der Waals surface area (Å²) in [6.07, 6.45) is 0.766. The van der Waals surface area contributed by atoms with Crippen LogP contribution in [0.3, 0.4) is 0 Å². The zero-order chi connectivity index (χ0) is 15.6. The summed E-state index contributed by atoms with van der Waals surface area (Å²) in [7, 11) is 1.70. The van der Waals surface area contributed by atoms with E-state index in [0.717, 1.165) is 6.42 Å². The molecule has 1 aliphatic rings. The molecule has 0 spiro atoms. The lowest BCUT2D eigenvalue weighted by atomic mass is 10.1. The maximum atomic E-state index is 12.3. The maximum absolute atomic E-state index is 12.3. The highest BCUT2D eigenvalue weighted by Crippen LogP contribution is 2.22. The molecule has 114 valence electrons. The van der Waals surface area contributed by atoms with Gasteiger partial charge in [-0.1, -0.05) is 12.1 Å². The first-order valence-corrected chi connectivity index (χ1v) is 6.90. The second kappa shape index (κ2) is 6.13. The fraction of sp³-hybridized carbons (Fsp3) is 0.467. The molecule has 2 N–H and O–H groups in total. The van der Waals surface area contributed by atoms with E-state index in [-0.39, 0.29) is 23.7 Å². The minimum atomic E-state index is -1.05. The molecule has 2 amide bonds. The Hall–Kier alpha value is -2.08. The molecule has 6 nitrogen and oxygen atoms in total. The highest BCUT2D eigenvalue weighted by atomic mass is 16.5. The molecule has 21 heavy (non-hydrogen) atoms. The molecule has 2 rings (SSSR count). The van der Waals surface area contributed by atoms with Gasteiger partial charge in [0, 0.05) is 13.7 Å². The number of carboxylic acids is 1. The van der Waals surface area contributed by atoms with Gasteiger partial charge in [-0.15, -0.1) is 0 Å². The van der Waals surface area contributed by atoms with Crippen molar-refractivity contribution in [3.63, 3.8) is 0 Å². The van der Waals surface area contributed by atoms with Crippen molar-refractivity contribution in [3.8, 4) is 0 Å². The first kappa shape index (κ1) is 15.3. The predicted molar refractivity (Wildman–Crippen MR) is 78.7 cm³/mol. The van der Waals surface area contributed by atoms with Crippen LogP contribution in [-0.2, 0) is 4.74 Å². The number of nitrogens with zero attached hydrogens (tertiary/aromatic N) is 1. The van der Waals surface area contributed by atoms with E-state index < -0.39 is 5.97 Å². The highest BCUT2D eigenvalue weighted by molar-refractivity contribution is 6.01. The molecule has 0 radical (unpaired) electrons. The van der Waals surface area contributed by atoms with Crippen LogP contribution in [0.4, 0.5) is 10.5 Å². The third kappa shape index (κ3) is 3.16. The largest absolute Gasteiger partial charge is 0.478 e. The number of benzene rings is 1. The smallest absolute Gasteiger partial charge is 0.338 e. The molecule has 1 aromatic carbocycles. The number of urea groups is 1. The molecule has 1 fully saturated rings. The molecular weight excluding hydrogens is 272 g/mol. The van der Waals surface area contributed by atoms with Crippen LogP contribution in [0.5, 0.6) is 0 Å². The van der Waals surface area contributed by atoms with Crippen molar-refractivity contribution in [1.82, 2.24) is 4.90 Å². The topological polar surface area (TPSA) is 78.9 Å². The first-order valence-electron chi connectivity index (χ1n) is 6.90. The summed E-state index contributed by atoms with van der Waals surface area (Å²) in [6.45, 7) is 4.26. The Balaban J connectivity index is 2.16. The number of anilines is 1. The summed E-state index contributed by atoms with van der Waals surface area (Å²) in [5.74, 6) is -1.05. The van der Waals surface area contributed by atoms with Gasteiger partial charge in [-0.2, -0.15) is 0 Å². The number of ether oxygens (including phenoxy) is 1. The van der Waals surface area contributed by atoms with E-state index >= 15 is 0 Å². The van der Waals surface area contributed by atoms with E-state index in [0.29, 0.717) is 17.9 Å². The Morgan fingerprint density at radius 2 is 2.14 bits per heavy atom. The van der Waals surface area contributed by atoms with Crippen molar-refractivity contribution in [2.75, 3.05) is 19.0 Å². The molecule has 2 atom stereocenters. The number of hydrogen-bond acceptors (Lipinski definition) is 3. The standard InChI is InChI=1S/C15H20N2O4/c1-9-5-4-6-11(13(9)14(18)19)16-15(20)17(3)12-7-8-21-10(12)2/h4-6,10,12H,7-8H2,1-3H3,(H,16,20)(H,18,19). The summed E-state index contributed by atoms with van der Waals surface area (Å²) >= 11 is 0. The number of aryl methyl sites for hydroxylation is 1. The van der Waals surface area contributed by atoms with Crippen LogP contribution in [-0.4, -0.2) is 47.8 Å². The van der Waals surface area contributed by atoms with Crippen molar-refractivity contribution < 1.29 is 19.4 Å². The third-order valence-corrected chi connectivity index (χ3v) is 3.88. The fourth-order valence-corrected chi connectivity index (χ4v) is 2.64. The zero-order valence-corrected chi connectivity index (χ0v) is 12.4. The molecule has 0 bridgehead atoms. The lowest BCUT2D eigenvalue weighted by Crippen LogP contribution is -2.43. The van der Waals surface area contributed by atoms with Crippen LogP contribution in [0.15, 0.2) is 18.2 Å². The van der Waals surface area contributed by atoms with E-state index in [1.54, 1.807) is 37.1 Å². The van der Waals surface area contributed by atoms with Gasteiger partial charge in [0.05, 0.1) is 23.4 Å². The summed E-state index contributed by atoms with van der Waals surface area (Å²) in [5, 5.41) is 11.9. The normalized spacial score (nSPS) is 21.1. The number of hydrogen-bond donors (Lipinski definition) is 2. The van der Waals surface area contributed by atoms with Gasteiger partial charge in [-0.05, 0) is 31.9 Å². The molecule has 0 saturated carbocycles. The molecule has 1 saturated heterocycles. The lowest BCUT2D eigenvalue weighted by molar-refractivity contribution is 0.0697. The van der Waals surface area contributed by atoms with Crippen LogP contribution < -0.4 is 5.32 Å². The molecule has 1 aromatic rings. The van der Waals surface area contributed by atoms with Crippen LogP contribution >= 0.6 is 0 Å². The van der Waals surface area contributed by atoms with Crippen molar-refractivity contribution in [1.29, 1.82) is 0 Å². The molecule has 0 aromatic heterocycles. The van der Waals surface area contributed by atoms with Gasteiger partial charge in [-0.25, -0.2) is 9.59 Å². The summed E-state index contributed by atoms with van der Waals surface area (Å²) in [5.41, 5.74) is 1.04. The monoisotopic (exact) mass is 292 g/mol. The van der Waals surface area contributed by atoms with Crippen molar-refractivity contribution >= 4 is 17.7 Å². The number of rotatable bonds is 3. The van der Waals surface area contributed by atoms with E-state index in [9.17, 15) is 14.7 Å². The minimum absolute atomic E-state index is 0.00286. The number of amides is 2. The lowest BCUT2D eigenvalue weighted by Gasteiger charge is -2.27. The van der Waals surface area contributed by atoms with Gasteiger partial charge in [-0.3, -0.25) is 0 Å². The first-order chi connectivity index (χ1) is 9.91. The van der Waals surface area contributed by atoms with Crippen LogP contribution in [0.1, 0.15) is 29.3 Å². The van der Waals surface area contributed by atoms with Gasteiger partial charge >= 0.3 is 12.0 Å². The Kier molecular flexibility index (Phi) is 4.47. The summed E-state index contributed by atoms with van der Waals surface area (Å²) in [4.78, 5) is 25.2. The number of carboxylic acid groups (broad SMARTS) is 1. The predicted octanol–water partition coefficient (Wildman–Crippen LogP) is 2.33. The number of nitrogens with one attached hydrogen (secondary N) is 1. The molecule has 1 aliphatic heterocycles. The number of likely N-dealkylation sites (N-methyl/N-ethyl adjacent to an activating group) is 1. The second-order valence-corrected chi connectivity index (χ2v) is 5.28. The maximum Gasteiger partial charge on any atom is 0.338 e. The SMILES string of the molecule is Cc1cccc(NC(=O)N(C)C2CCOC2C)c1C(=O)O. The Morgan fingerprint density at radius 3 is 2.71 bits per heavy atom. The van der Waals surface area contributed by atoms with Crippen molar-refractivity contribution in [2.45, 2.75) is 32.4 Å². The Morgan fingerprint density at radius 1 is 1.43 bits per heavy atom. The zero-order valence-electron chi connectivity index (χ0n) is 12.4. The van der Waals surface area contributed by atoms with Gasteiger partial charge in [0.1, 0.15) is 0 Å². The van der Waals surface area contributed by atoms with E-state index in [1.807, 2.05) is 6.92 Å². The van der Waals surface area contributed by atoms with Crippen molar-refractivity contribution in [3.05, 3.63) is 29.3 Å². The van der Waals surface area contributed by atoms with E-state index in [4.69, 9.17) is 4.74 Å². The molecule has 2 unspecified atom stereocenters. The number of carbonyl (C=O) groups is 2. The molecule has 1 heterocycles. The number of carbonyl (C=O) groups excluding carboxylic acids is 1. The van der Waals surface area contributed by atoms with E-state index in [1.165, 1.54) is 0 Å². The van der Waals surface area contributed by atoms with Gasteiger partial charge < -0.3 is 20.1 Å². The fourth-order valence-electron chi connectivity index (χ4n) is 2.64. The third-order valence-electron chi connectivity index (χ3n) is 3.88. The Labute approximate surface area is 123 Å². The van der Waals surface area contributed by atoms with Crippen LogP contribution in [0, 0.1) is 6.92 Å². The van der Waals surface area contributed by atoms with Gasteiger partial charge in [0.25, 0.3) is 0 Å². The van der Waals surface area contributed by atoms with Gasteiger partial charge in [0.2, 0.25) is 0 Å². The van der Waals surface area contributed by atoms with Crippen LogP contribution in [0.25, 0.3) is 0 Å². The molecule has 6 heteroatoms. The molecule has 0 aliphatic carbocycles. The second-order valence-electron chi connectivity index (χ2n) is 5.28. The Bertz CT molecular complexity index is 559. The average molecular weight is 292 g/mol. The summed E-state index contributed by atoms with van der Waals surface area (Å²) < 4.78 is 5.45. The van der Waals surface area contributed by atoms with Crippen LogP contribution in [0.2, 0.25) is 0 Å². The van der Waals surface area contributed by atoms with Crippen molar-refractivity contribution in [2.24, 2.45) is 0 Å². The highest BCUT2D eigenvalue weighted by Gasteiger charge is 2.31. The quantitative estimate of drug-likeness (QED) is 0.896. The van der Waals surface area contributed by atoms with E-state index in [2.05, 4.69) is 5.32 Å². The average Bonchev–Trinajstić information content (AvgIpc) is 2.83. The number of aromatic carboxylic acids is 1. The molecular formula is C15H20N2O4.